The summed E-state index contributed by atoms with van der Waals surface area (Å²) in [6, 6.07) is 2.16. The normalized spacial score (nSPS) is 27.3. The smallest absolute Gasteiger partial charge is 0.306 e. The number of hydrogen-bond acceptors (Lipinski definition) is 2. The van der Waals surface area contributed by atoms with Crippen molar-refractivity contribution in [2.75, 3.05) is 0 Å². The van der Waals surface area contributed by atoms with E-state index < -0.39 is 5.97 Å². The Labute approximate surface area is 119 Å². The molecular formula is C16H24O2S. The Bertz CT molecular complexity index is 385. The fourth-order valence-electron chi connectivity index (χ4n) is 3.46. The van der Waals surface area contributed by atoms with Gasteiger partial charge in [-0.1, -0.05) is 19.8 Å². The lowest BCUT2D eigenvalue weighted by molar-refractivity contribution is -0.145. The summed E-state index contributed by atoms with van der Waals surface area (Å²) >= 11 is 1.73. The molecule has 0 aromatic carbocycles. The van der Waals surface area contributed by atoms with Gasteiger partial charge < -0.3 is 5.11 Å². The molecule has 0 bridgehead atoms. The van der Waals surface area contributed by atoms with Crippen molar-refractivity contribution in [2.45, 2.75) is 51.9 Å². The fourth-order valence-corrected chi connectivity index (χ4v) is 4.17. The molecule has 0 aliphatic heterocycles. The summed E-state index contributed by atoms with van der Waals surface area (Å²) in [4.78, 5) is 11.4. The molecule has 3 atom stereocenters. The Hall–Kier alpha value is -0.830. The van der Waals surface area contributed by atoms with Gasteiger partial charge in [-0.3, -0.25) is 4.79 Å². The van der Waals surface area contributed by atoms with Crippen LogP contribution in [0.5, 0.6) is 0 Å². The lowest BCUT2D eigenvalue weighted by Gasteiger charge is -2.34. The zero-order chi connectivity index (χ0) is 13.7. The number of carboxylic acid groups (broad SMARTS) is 1. The molecule has 1 saturated carbocycles. The van der Waals surface area contributed by atoms with Crippen LogP contribution in [0, 0.1) is 17.8 Å². The fraction of sp³-hybridized carbons (Fsp3) is 0.688. The van der Waals surface area contributed by atoms with E-state index in [2.05, 4.69) is 23.8 Å². The van der Waals surface area contributed by atoms with E-state index in [0.717, 1.165) is 38.0 Å². The van der Waals surface area contributed by atoms with Gasteiger partial charge in [-0.15, -0.1) is 0 Å². The molecule has 0 saturated heterocycles. The van der Waals surface area contributed by atoms with Crippen LogP contribution in [-0.2, 0) is 11.2 Å². The second-order valence-electron chi connectivity index (χ2n) is 5.84. The first kappa shape index (κ1) is 14.6. The molecule has 1 aromatic heterocycles. The van der Waals surface area contributed by atoms with Gasteiger partial charge >= 0.3 is 5.97 Å². The van der Waals surface area contributed by atoms with Crippen molar-refractivity contribution in [3.05, 3.63) is 22.4 Å². The molecule has 0 radical (unpaired) electrons. The maximum atomic E-state index is 11.4. The Balaban J connectivity index is 1.93. The van der Waals surface area contributed by atoms with Crippen LogP contribution in [0.15, 0.2) is 16.8 Å². The van der Waals surface area contributed by atoms with Crippen molar-refractivity contribution in [3.8, 4) is 0 Å². The molecule has 1 heterocycles. The molecular weight excluding hydrogens is 256 g/mol. The minimum atomic E-state index is -0.578. The van der Waals surface area contributed by atoms with E-state index in [-0.39, 0.29) is 5.92 Å². The van der Waals surface area contributed by atoms with E-state index in [9.17, 15) is 9.90 Å². The highest BCUT2D eigenvalue weighted by Gasteiger charge is 2.34. The van der Waals surface area contributed by atoms with E-state index >= 15 is 0 Å². The van der Waals surface area contributed by atoms with Gasteiger partial charge in [0.05, 0.1) is 5.92 Å². The predicted molar refractivity (Wildman–Crippen MR) is 79.5 cm³/mol. The molecule has 2 nitrogen and oxygen atoms in total. The van der Waals surface area contributed by atoms with Gasteiger partial charge in [0.2, 0.25) is 0 Å². The molecule has 0 spiro atoms. The Morgan fingerprint density at radius 2 is 2.26 bits per heavy atom. The van der Waals surface area contributed by atoms with Crippen LogP contribution in [0.3, 0.4) is 0 Å². The maximum Gasteiger partial charge on any atom is 0.306 e. The highest BCUT2D eigenvalue weighted by atomic mass is 32.1. The van der Waals surface area contributed by atoms with Crippen molar-refractivity contribution < 1.29 is 9.90 Å². The third kappa shape index (κ3) is 4.07. The standard InChI is InChI=1S/C16H24O2S/c1-2-3-12-5-7-15(16(17)18)14(10-12)6-4-13-8-9-19-11-13/h8-9,11-12,14-15H,2-7,10H2,1H3,(H,17,18). The molecule has 1 aliphatic rings. The van der Waals surface area contributed by atoms with Crippen LogP contribution in [0.4, 0.5) is 0 Å². The number of rotatable bonds is 6. The predicted octanol–water partition coefficient (Wildman–Crippen LogP) is 4.60. The Morgan fingerprint density at radius 1 is 1.42 bits per heavy atom. The Morgan fingerprint density at radius 3 is 2.89 bits per heavy atom. The van der Waals surface area contributed by atoms with Crippen molar-refractivity contribution in [1.82, 2.24) is 0 Å². The second-order valence-corrected chi connectivity index (χ2v) is 6.62. The second kappa shape index (κ2) is 7.09. The number of thiophene rings is 1. The molecule has 3 heteroatoms. The summed E-state index contributed by atoms with van der Waals surface area (Å²) in [6.45, 7) is 2.23. The number of carbonyl (C=O) groups is 1. The van der Waals surface area contributed by atoms with E-state index in [0.29, 0.717) is 5.92 Å². The van der Waals surface area contributed by atoms with Crippen LogP contribution in [0.2, 0.25) is 0 Å². The summed E-state index contributed by atoms with van der Waals surface area (Å²) < 4.78 is 0. The summed E-state index contributed by atoms with van der Waals surface area (Å²) in [5.74, 6) is 0.452. The number of carboxylic acids is 1. The SMILES string of the molecule is CCCC1CCC(C(=O)O)C(CCc2ccsc2)C1. The molecule has 3 unspecified atom stereocenters. The molecule has 0 amide bonds. The zero-order valence-corrected chi connectivity index (χ0v) is 12.5. The summed E-state index contributed by atoms with van der Waals surface area (Å²) in [7, 11) is 0. The highest BCUT2D eigenvalue weighted by molar-refractivity contribution is 7.07. The number of hydrogen-bond donors (Lipinski definition) is 1. The Kier molecular flexibility index (Phi) is 5.44. The number of aliphatic carboxylic acids is 1. The third-order valence-electron chi connectivity index (χ3n) is 4.49. The highest BCUT2D eigenvalue weighted by Crippen LogP contribution is 2.38. The summed E-state index contributed by atoms with van der Waals surface area (Å²) in [5.41, 5.74) is 1.37. The van der Waals surface area contributed by atoms with Crippen molar-refractivity contribution in [3.63, 3.8) is 0 Å². The lowest BCUT2D eigenvalue weighted by atomic mass is 9.71. The van der Waals surface area contributed by atoms with E-state index in [1.54, 1.807) is 11.3 Å². The molecule has 2 rings (SSSR count). The van der Waals surface area contributed by atoms with Gasteiger partial charge in [-0.05, 0) is 66.3 Å². The average Bonchev–Trinajstić information content (AvgIpc) is 2.89. The quantitative estimate of drug-likeness (QED) is 0.827. The monoisotopic (exact) mass is 280 g/mol. The van der Waals surface area contributed by atoms with Gasteiger partial charge in [0.25, 0.3) is 0 Å². The first-order valence-electron chi connectivity index (χ1n) is 7.44. The molecule has 1 N–H and O–H groups in total. The molecule has 1 aliphatic carbocycles. The van der Waals surface area contributed by atoms with Crippen LogP contribution >= 0.6 is 11.3 Å². The maximum absolute atomic E-state index is 11.4. The molecule has 106 valence electrons. The first-order chi connectivity index (χ1) is 9.20. The van der Waals surface area contributed by atoms with Crippen LogP contribution in [-0.4, -0.2) is 11.1 Å². The molecule has 1 fully saturated rings. The minimum absolute atomic E-state index is 0.105. The van der Waals surface area contributed by atoms with E-state index in [1.165, 1.54) is 18.4 Å². The molecule has 1 aromatic rings. The average molecular weight is 280 g/mol. The number of aryl methyl sites for hydroxylation is 1. The summed E-state index contributed by atoms with van der Waals surface area (Å²) in [5, 5.41) is 13.7. The van der Waals surface area contributed by atoms with Crippen LogP contribution in [0.1, 0.15) is 51.0 Å². The van der Waals surface area contributed by atoms with Crippen molar-refractivity contribution >= 4 is 17.3 Å². The van der Waals surface area contributed by atoms with E-state index in [1.807, 2.05) is 0 Å². The largest absolute Gasteiger partial charge is 0.481 e. The van der Waals surface area contributed by atoms with E-state index in [4.69, 9.17) is 0 Å². The van der Waals surface area contributed by atoms with Crippen molar-refractivity contribution in [2.24, 2.45) is 17.8 Å². The minimum Gasteiger partial charge on any atom is -0.481 e. The zero-order valence-electron chi connectivity index (χ0n) is 11.7. The van der Waals surface area contributed by atoms with Crippen LogP contribution in [0.25, 0.3) is 0 Å². The first-order valence-corrected chi connectivity index (χ1v) is 8.38. The topological polar surface area (TPSA) is 37.3 Å². The van der Waals surface area contributed by atoms with Gasteiger partial charge in [0, 0.05) is 0 Å². The molecule has 19 heavy (non-hydrogen) atoms. The van der Waals surface area contributed by atoms with Gasteiger partial charge in [0.1, 0.15) is 0 Å². The third-order valence-corrected chi connectivity index (χ3v) is 5.22. The van der Waals surface area contributed by atoms with Gasteiger partial charge in [-0.2, -0.15) is 11.3 Å². The van der Waals surface area contributed by atoms with Gasteiger partial charge in [-0.25, -0.2) is 0 Å². The van der Waals surface area contributed by atoms with Gasteiger partial charge in [0.15, 0.2) is 0 Å². The summed E-state index contributed by atoms with van der Waals surface area (Å²) in [6.07, 6.45) is 7.68. The van der Waals surface area contributed by atoms with Crippen molar-refractivity contribution in [1.29, 1.82) is 0 Å². The lowest BCUT2D eigenvalue weighted by Crippen LogP contribution is -2.31. The van der Waals surface area contributed by atoms with Crippen LogP contribution < -0.4 is 0 Å².